The van der Waals surface area contributed by atoms with Crippen LogP contribution in [0.1, 0.15) is 30.1 Å². The lowest BCUT2D eigenvalue weighted by molar-refractivity contribution is 0.0897. The van der Waals surface area contributed by atoms with Gasteiger partial charge in [0.25, 0.3) is 0 Å². The van der Waals surface area contributed by atoms with Crippen LogP contribution in [0.5, 0.6) is 5.75 Å². The monoisotopic (exact) mass is 283 g/mol. The first kappa shape index (κ1) is 14.1. The molecule has 3 nitrogen and oxygen atoms in total. The van der Waals surface area contributed by atoms with Crippen molar-refractivity contribution in [3.05, 3.63) is 42.0 Å². The predicted octanol–water partition coefficient (Wildman–Crippen LogP) is 3.42. The van der Waals surface area contributed by atoms with Gasteiger partial charge in [-0.25, -0.2) is 0 Å². The average molecular weight is 283 g/mol. The molecule has 0 aromatic heterocycles. The van der Waals surface area contributed by atoms with Gasteiger partial charge in [-0.1, -0.05) is 30.3 Å². The number of Topliss-reactive ketones (excluding diaryl/α,β-unsaturated/α-hetero) is 1. The van der Waals surface area contributed by atoms with Crippen LogP contribution in [-0.4, -0.2) is 25.5 Å². The van der Waals surface area contributed by atoms with E-state index in [9.17, 15) is 4.79 Å². The molecule has 0 amide bonds. The fraction of sp³-hybridized carbons (Fsp3) is 0.389. The van der Waals surface area contributed by atoms with Crippen molar-refractivity contribution >= 4 is 16.6 Å². The maximum atomic E-state index is 13.0. The van der Waals surface area contributed by atoms with E-state index in [0.29, 0.717) is 12.4 Å². The molecule has 1 N–H and O–H groups in total. The third-order valence-electron chi connectivity index (χ3n) is 4.10. The Morgan fingerprint density at radius 2 is 2.14 bits per heavy atom. The number of benzene rings is 2. The molecule has 0 radical (unpaired) electrons. The summed E-state index contributed by atoms with van der Waals surface area (Å²) in [6.45, 7) is 4.30. The van der Waals surface area contributed by atoms with Gasteiger partial charge in [0, 0.05) is 12.5 Å². The molecule has 3 heteroatoms. The van der Waals surface area contributed by atoms with Gasteiger partial charge in [0.15, 0.2) is 5.78 Å². The van der Waals surface area contributed by atoms with Gasteiger partial charge in [-0.2, -0.15) is 0 Å². The van der Waals surface area contributed by atoms with Crippen LogP contribution in [0.3, 0.4) is 0 Å². The molecule has 1 aliphatic rings. The summed E-state index contributed by atoms with van der Waals surface area (Å²) in [5, 5.41) is 5.41. The maximum Gasteiger partial charge on any atom is 0.171 e. The summed E-state index contributed by atoms with van der Waals surface area (Å²) in [4.78, 5) is 13.0. The van der Waals surface area contributed by atoms with E-state index in [0.717, 1.165) is 42.3 Å². The number of nitrogens with one attached hydrogen (secondary N) is 1. The summed E-state index contributed by atoms with van der Waals surface area (Å²) < 4.78 is 5.72. The Morgan fingerprint density at radius 3 is 2.90 bits per heavy atom. The molecule has 110 valence electrons. The number of hydrogen-bond acceptors (Lipinski definition) is 3. The Hall–Kier alpha value is -1.87. The normalized spacial score (nSPS) is 18.6. The van der Waals surface area contributed by atoms with Crippen LogP contribution in [0, 0.1) is 5.92 Å². The zero-order valence-electron chi connectivity index (χ0n) is 12.4. The van der Waals surface area contributed by atoms with Crippen molar-refractivity contribution in [1.29, 1.82) is 0 Å². The molecule has 2 aromatic rings. The second kappa shape index (κ2) is 6.27. The topological polar surface area (TPSA) is 38.3 Å². The minimum atomic E-state index is 0.0590. The minimum absolute atomic E-state index is 0.0590. The number of ether oxygens (including phenoxy) is 1. The van der Waals surface area contributed by atoms with Crippen molar-refractivity contribution in [2.45, 2.75) is 19.8 Å². The summed E-state index contributed by atoms with van der Waals surface area (Å²) in [6, 6.07) is 12.0. The van der Waals surface area contributed by atoms with Crippen LogP contribution in [0.25, 0.3) is 10.8 Å². The Morgan fingerprint density at radius 1 is 1.29 bits per heavy atom. The fourth-order valence-electron chi connectivity index (χ4n) is 3.06. The van der Waals surface area contributed by atoms with Crippen LogP contribution >= 0.6 is 0 Å². The predicted molar refractivity (Wildman–Crippen MR) is 85.0 cm³/mol. The lowest BCUT2D eigenvalue weighted by Gasteiger charge is -2.23. The minimum Gasteiger partial charge on any atom is -0.493 e. The number of piperidine rings is 1. The number of fused-ring (bicyclic) bond motifs is 1. The second-order valence-corrected chi connectivity index (χ2v) is 5.50. The van der Waals surface area contributed by atoms with E-state index >= 15 is 0 Å². The van der Waals surface area contributed by atoms with E-state index in [2.05, 4.69) is 5.32 Å². The van der Waals surface area contributed by atoms with Gasteiger partial charge in [-0.3, -0.25) is 4.79 Å². The zero-order chi connectivity index (χ0) is 14.7. The van der Waals surface area contributed by atoms with Crippen molar-refractivity contribution in [1.82, 2.24) is 5.32 Å². The summed E-state index contributed by atoms with van der Waals surface area (Å²) in [6.07, 6.45) is 2.02. The first-order valence-corrected chi connectivity index (χ1v) is 7.70. The maximum absolute atomic E-state index is 13.0. The van der Waals surface area contributed by atoms with Crippen molar-refractivity contribution in [2.24, 2.45) is 5.92 Å². The lowest BCUT2D eigenvalue weighted by Crippen LogP contribution is -2.34. The first-order valence-electron chi connectivity index (χ1n) is 7.70. The molecule has 0 saturated carbocycles. The van der Waals surface area contributed by atoms with Crippen molar-refractivity contribution in [3.8, 4) is 5.75 Å². The van der Waals surface area contributed by atoms with Gasteiger partial charge in [0.2, 0.25) is 0 Å². The molecule has 0 aliphatic carbocycles. The molecule has 1 fully saturated rings. The van der Waals surface area contributed by atoms with E-state index in [1.165, 1.54) is 0 Å². The lowest BCUT2D eigenvalue weighted by atomic mass is 9.88. The number of rotatable bonds is 4. The molecular weight excluding hydrogens is 262 g/mol. The molecule has 1 saturated heterocycles. The Bertz CT molecular complexity index is 645. The van der Waals surface area contributed by atoms with E-state index in [4.69, 9.17) is 4.74 Å². The summed E-state index contributed by atoms with van der Waals surface area (Å²) in [5.41, 5.74) is 0.753. The zero-order valence-corrected chi connectivity index (χ0v) is 12.4. The second-order valence-electron chi connectivity index (χ2n) is 5.50. The molecule has 1 heterocycles. The summed E-state index contributed by atoms with van der Waals surface area (Å²) >= 11 is 0. The van der Waals surface area contributed by atoms with Crippen molar-refractivity contribution < 1.29 is 9.53 Å². The van der Waals surface area contributed by atoms with E-state index < -0.39 is 0 Å². The number of carbonyl (C=O) groups is 1. The number of ketones is 1. The summed E-state index contributed by atoms with van der Waals surface area (Å²) in [7, 11) is 0. The van der Waals surface area contributed by atoms with Crippen LogP contribution in [-0.2, 0) is 0 Å². The molecule has 1 unspecified atom stereocenters. The molecule has 3 rings (SSSR count). The molecule has 0 bridgehead atoms. The van der Waals surface area contributed by atoms with Crippen molar-refractivity contribution in [2.75, 3.05) is 19.7 Å². The molecule has 0 spiro atoms. The molecule has 2 aromatic carbocycles. The van der Waals surface area contributed by atoms with E-state index in [1.54, 1.807) is 0 Å². The highest BCUT2D eigenvalue weighted by molar-refractivity contribution is 6.11. The highest BCUT2D eigenvalue weighted by atomic mass is 16.5. The highest BCUT2D eigenvalue weighted by Gasteiger charge is 2.26. The van der Waals surface area contributed by atoms with Crippen LogP contribution in [0.15, 0.2) is 36.4 Å². The van der Waals surface area contributed by atoms with Gasteiger partial charge in [0.05, 0.1) is 12.2 Å². The van der Waals surface area contributed by atoms with Gasteiger partial charge >= 0.3 is 0 Å². The van der Waals surface area contributed by atoms with Crippen molar-refractivity contribution in [3.63, 3.8) is 0 Å². The van der Waals surface area contributed by atoms with Gasteiger partial charge in [-0.05, 0) is 43.1 Å². The number of hydrogen-bond donors (Lipinski definition) is 1. The van der Waals surface area contributed by atoms with Crippen LogP contribution < -0.4 is 10.1 Å². The van der Waals surface area contributed by atoms with Crippen LogP contribution in [0.4, 0.5) is 0 Å². The Balaban J connectivity index is 2.08. The third-order valence-corrected chi connectivity index (χ3v) is 4.10. The largest absolute Gasteiger partial charge is 0.493 e. The summed E-state index contributed by atoms with van der Waals surface area (Å²) in [5.74, 6) is 0.984. The molecule has 1 atom stereocenters. The third kappa shape index (κ3) is 2.79. The molecule has 1 aliphatic heterocycles. The molecule has 21 heavy (non-hydrogen) atoms. The van der Waals surface area contributed by atoms with E-state index in [-0.39, 0.29) is 11.7 Å². The van der Waals surface area contributed by atoms with Gasteiger partial charge in [0.1, 0.15) is 5.75 Å². The quantitative estimate of drug-likeness (QED) is 0.874. The molecular formula is C18H21NO2. The van der Waals surface area contributed by atoms with Gasteiger partial charge < -0.3 is 10.1 Å². The van der Waals surface area contributed by atoms with Gasteiger partial charge in [-0.15, -0.1) is 0 Å². The first-order chi connectivity index (χ1) is 10.3. The number of carbonyl (C=O) groups excluding carboxylic acids is 1. The van der Waals surface area contributed by atoms with E-state index in [1.807, 2.05) is 43.3 Å². The average Bonchev–Trinajstić information content (AvgIpc) is 2.55. The Labute approximate surface area is 125 Å². The standard InChI is InChI=1S/C18H21NO2/c1-2-21-16-10-9-13-6-3-4-8-15(13)17(16)18(20)14-7-5-11-19-12-14/h3-4,6,8-10,14,19H,2,5,7,11-12H2,1H3. The fourth-order valence-corrected chi connectivity index (χ4v) is 3.06. The van der Waals surface area contributed by atoms with Crippen LogP contribution in [0.2, 0.25) is 0 Å². The Kier molecular flexibility index (Phi) is 4.20. The smallest absolute Gasteiger partial charge is 0.171 e. The SMILES string of the molecule is CCOc1ccc2ccccc2c1C(=O)C1CCCNC1. The highest BCUT2D eigenvalue weighted by Crippen LogP contribution is 2.31.